The Labute approximate surface area is 123 Å². The first kappa shape index (κ1) is 14.8. The summed E-state index contributed by atoms with van der Waals surface area (Å²) in [4.78, 5) is 12.2. The van der Waals surface area contributed by atoms with Crippen LogP contribution in [0.15, 0.2) is 35.7 Å². The van der Waals surface area contributed by atoms with Crippen LogP contribution in [0.4, 0.5) is 0 Å². The molecule has 0 aliphatic heterocycles. The monoisotopic (exact) mass is 288 g/mol. The highest BCUT2D eigenvalue weighted by Gasteiger charge is 2.08. The number of thiophene rings is 1. The fourth-order valence-corrected chi connectivity index (χ4v) is 2.84. The number of hydrogen-bond donors (Lipinski definition) is 2. The molecule has 20 heavy (non-hydrogen) atoms. The number of amides is 1. The maximum absolute atomic E-state index is 11.0. The molecule has 1 heterocycles. The summed E-state index contributed by atoms with van der Waals surface area (Å²) >= 11 is 1.56. The molecule has 0 spiro atoms. The van der Waals surface area contributed by atoms with Crippen molar-refractivity contribution in [3.05, 3.63) is 57.3 Å². The van der Waals surface area contributed by atoms with Crippen LogP contribution in [-0.2, 0) is 13.0 Å². The summed E-state index contributed by atoms with van der Waals surface area (Å²) in [5.74, 6) is -0.365. The minimum Gasteiger partial charge on any atom is -0.366 e. The largest absolute Gasteiger partial charge is 0.366 e. The van der Waals surface area contributed by atoms with Gasteiger partial charge in [0.2, 0.25) is 5.91 Å². The molecule has 3 nitrogen and oxygen atoms in total. The molecule has 1 aromatic heterocycles. The van der Waals surface area contributed by atoms with E-state index in [1.807, 2.05) is 6.07 Å². The fraction of sp³-hybridized carbons (Fsp3) is 0.312. The molecule has 1 atom stereocenters. The van der Waals surface area contributed by atoms with E-state index in [1.165, 1.54) is 11.1 Å². The van der Waals surface area contributed by atoms with Crippen molar-refractivity contribution in [1.29, 1.82) is 0 Å². The Morgan fingerprint density at radius 1 is 1.35 bits per heavy atom. The number of rotatable bonds is 6. The summed E-state index contributed by atoms with van der Waals surface area (Å²) in [6.07, 6.45) is 1.06. The number of benzene rings is 1. The molecule has 0 saturated heterocycles. The van der Waals surface area contributed by atoms with Gasteiger partial charge in [-0.2, -0.15) is 0 Å². The van der Waals surface area contributed by atoms with E-state index in [4.69, 9.17) is 5.73 Å². The molecule has 3 N–H and O–H groups in total. The predicted molar refractivity (Wildman–Crippen MR) is 83.9 cm³/mol. The molecule has 0 aliphatic rings. The molecule has 0 saturated carbocycles. The topological polar surface area (TPSA) is 55.1 Å². The molecule has 1 unspecified atom stereocenters. The van der Waals surface area contributed by atoms with Crippen molar-refractivity contribution in [3.63, 3.8) is 0 Å². The van der Waals surface area contributed by atoms with Crippen LogP contribution in [0.2, 0.25) is 0 Å². The van der Waals surface area contributed by atoms with Crippen molar-refractivity contribution in [1.82, 2.24) is 5.32 Å². The summed E-state index contributed by atoms with van der Waals surface area (Å²) in [5.41, 5.74) is 8.46. The van der Waals surface area contributed by atoms with Crippen LogP contribution in [0.1, 0.15) is 46.3 Å². The predicted octanol–water partition coefficient (Wildman–Crippen LogP) is 3.26. The lowest BCUT2D eigenvalue weighted by atomic mass is 10.1. The zero-order chi connectivity index (χ0) is 14.5. The number of nitrogens with one attached hydrogen (secondary N) is 1. The van der Waals surface area contributed by atoms with E-state index in [-0.39, 0.29) is 11.9 Å². The zero-order valence-corrected chi connectivity index (χ0v) is 12.7. The van der Waals surface area contributed by atoms with E-state index < -0.39 is 0 Å². The number of carbonyl (C=O) groups is 1. The van der Waals surface area contributed by atoms with Crippen LogP contribution in [0.5, 0.6) is 0 Å². The standard InChI is InChI=1S/C16H20N2OS/c1-3-12-4-6-13(7-5-12)11(2)18-9-15-8-14(10-20-15)16(17)19/h4-8,10-11,18H,3,9H2,1-2H3,(H2,17,19). The summed E-state index contributed by atoms with van der Waals surface area (Å²) < 4.78 is 0. The van der Waals surface area contributed by atoms with E-state index in [2.05, 4.69) is 43.4 Å². The molecule has 106 valence electrons. The summed E-state index contributed by atoms with van der Waals surface area (Å²) in [6.45, 7) is 5.04. The second-order valence-electron chi connectivity index (χ2n) is 4.86. The van der Waals surface area contributed by atoms with Crippen molar-refractivity contribution < 1.29 is 4.79 Å². The lowest BCUT2D eigenvalue weighted by Crippen LogP contribution is -2.17. The maximum atomic E-state index is 11.0. The van der Waals surface area contributed by atoms with Gasteiger partial charge in [0.1, 0.15) is 0 Å². The Balaban J connectivity index is 1.93. The first-order chi connectivity index (χ1) is 9.60. The number of primary amides is 1. The van der Waals surface area contributed by atoms with Gasteiger partial charge in [-0.1, -0.05) is 31.2 Å². The Morgan fingerprint density at radius 3 is 2.60 bits per heavy atom. The Bertz CT molecular complexity index is 574. The average Bonchev–Trinajstić information content (AvgIpc) is 2.94. The van der Waals surface area contributed by atoms with E-state index >= 15 is 0 Å². The summed E-state index contributed by atoms with van der Waals surface area (Å²) in [5, 5.41) is 5.27. The number of hydrogen-bond acceptors (Lipinski definition) is 3. The first-order valence-corrected chi connectivity index (χ1v) is 7.67. The van der Waals surface area contributed by atoms with E-state index in [9.17, 15) is 4.79 Å². The van der Waals surface area contributed by atoms with Crippen LogP contribution < -0.4 is 11.1 Å². The minimum atomic E-state index is -0.365. The van der Waals surface area contributed by atoms with Gasteiger partial charge in [0.05, 0.1) is 5.56 Å². The van der Waals surface area contributed by atoms with E-state index in [0.29, 0.717) is 5.56 Å². The molecule has 1 aromatic carbocycles. The smallest absolute Gasteiger partial charge is 0.249 e. The Morgan fingerprint density at radius 2 is 2.05 bits per heavy atom. The van der Waals surface area contributed by atoms with Gasteiger partial charge >= 0.3 is 0 Å². The molecule has 0 radical (unpaired) electrons. The second-order valence-corrected chi connectivity index (χ2v) is 5.86. The summed E-state index contributed by atoms with van der Waals surface area (Å²) in [7, 11) is 0. The molecule has 2 aromatic rings. The van der Waals surface area contributed by atoms with Crippen molar-refractivity contribution in [3.8, 4) is 0 Å². The third kappa shape index (κ3) is 3.68. The average molecular weight is 288 g/mol. The normalized spacial score (nSPS) is 12.3. The Hall–Kier alpha value is -1.65. The lowest BCUT2D eigenvalue weighted by molar-refractivity contribution is 0.100. The van der Waals surface area contributed by atoms with Crippen LogP contribution >= 0.6 is 11.3 Å². The molecule has 0 bridgehead atoms. The maximum Gasteiger partial charge on any atom is 0.249 e. The van der Waals surface area contributed by atoms with Gasteiger partial charge in [0.15, 0.2) is 0 Å². The van der Waals surface area contributed by atoms with Gasteiger partial charge in [-0.05, 0) is 30.5 Å². The second kappa shape index (κ2) is 6.68. The van der Waals surface area contributed by atoms with Gasteiger partial charge in [-0.3, -0.25) is 4.79 Å². The SMILES string of the molecule is CCc1ccc(C(C)NCc2cc(C(N)=O)cs2)cc1. The van der Waals surface area contributed by atoms with Gasteiger partial charge < -0.3 is 11.1 Å². The van der Waals surface area contributed by atoms with Crippen molar-refractivity contribution >= 4 is 17.2 Å². The number of nitrogens with two attached hydrogens (primary N) is 1. The molecule has 0 aliphatic carbocycles. The van der Waals surface area contributed by atoms with Gasteiger partial charge in [0.25, 0.3) is 0 Å². The molecule has 2 rings (SSSR count). The van der Waals surface area contributed by atoms with Crippen molar-refractivity contribution in [2.24, 2.45) is 5.73 Å². The third-order valence-corrected chi connectivity index (χ3v) is 4.35. The van der Waals surface area contributed by atoms with Crippen molar-refractivity contribution in [2.45, 2.75) is 32.9 Å². The first-order valence-electron chi connectivity index (χ1n) is 6.79. The zero-order valence-electron chi connectivity index (χ0n) is 11.8. The van der Waals surface area contributed by atoms with Crippen LogP contribution in [0, 0.1) is 0 Å². The van der Waals surface area contributed by atoms with Gasteiger partial charge in [-0.25, -0.2) is 0 Å². The molecule has 0 fully saturated rings. The third-order valence-electron chi connectivity index (χ3n) is 3.41. The minimum absolute atomic E-state index is 0.278. The fourth-order valence-electron chi connectivity index (χ4n) is 2.02. The molecule has 1 amide bonds. The van der Waals surface area contributed by atoms with Gasteiger partial charge in [-0.15, -0.1) is 11.3 Å². The summed E-state index contributed by atoms with van der Waals surface area (Å²) in [6, 6.07) is 10.8. The lowest BCUT2D eigenvalue weighted by Gasteiger charge is -2.14. The van der Waals surface area contributed by atoms with Crippen LogP contribution in [-0.4, -0.2) is 5.91 Å². The van der Waals surface area contributed by atoms with Gasteiger partial charge in [0, 0.05) is 22.8 Å². The highest BCUT2D eigenvalue weighted by molar-refractivity contribution is 7.10. The highest BCUT2D eigenvalue weighted by Crippen LogP contribution is 2.17. The Kier molecular flexibility index (Phi) is 4.93. The number of carbonyl (C=O) groups excluding carboxylic acids is 1. The van der Waals surface area contributed by atoms with Crippen LogP contribution in [0.25, 0.3) is 0 Å². The molecule has 4 heteroatoms. The molecular formula is C16H20N2OS. The highest BCUT2D eigenvalue weighted by atomic mass is 32.1. The quantitative estimate of drug-likeness (QED) is 0.857. The molecular weight excluding hydrogens is 268 g/mol. The number of aryl methyl sites for hydroxylation is 1. The van der Waals surface area contributed by atoms with Crippen LogP contribution in [0.3, 0.4) is 0 Å². The van der Waals surface area contributed by atoms with E-state index in [0.717, 1.165) is 17.8 Å². The van der Waals surface area contributed by atoms with Crippen molar-refractivity contribution in [2.75, 3.05) is 0 Å². The van der Waals surface area contributed by atoms with E-state index in [1.54, 1.807) is 16.7 Å².